The third-order valence-electron chi connectivity index (χ3n) is 3.64. The summed E-state index contributed by atoms with van der Waals surface area (Å²) in [6.45, 7) is 1.71. The third kappa shape index (κ3) is 2.58. The number of carboxylic acids is 1. The number of nitrogens with zero attached hydrogens (tertiary/aromatic N) is 3. The van der Waals surface area contributed by atoms with Crippen LogP contribution in [0.25, 0.3) is 11.3 Å². The number of amides is 1. The SMILES string of the molecule is Cn1nc(C(=O)O)cc1-c1cccc(N2CCNCC2=O)c1. The van der Waals surface area contributed by atoms with Crippen molar-refractivity contribution in [3.8, 4) is 11.3 Å². The molecular weight excluding hydrogens is 284 g/mol. The molecule has 0 atom stereocenters. The molecule has 0 radical (unpaired) electrons. The predicted molar refractivity (Wildman–Crippen MR) is 80.8 cm³/mol. The van der Waals surface area contributed by atoms with Gasteiger partial charge >= 0.3 is 5.97 Å². The van der Waals surface area contributed by atoms with Crippen molar-refractivity contribution in [3.63, 3.8) is 0 Å². The van der Waals surface area contributed by atoms with Gasteiger partial charge in [0, 0.05) is 31.4 Å². The van der Waals surface area contributed by atoms with Crippen LogP contribution in [-0.4, -0.2) is 46.4 Å². The van der Waals surface area contributed by atoms with E-state index in [2.05, 4.69) is 10.4 Å². The molecule has 0 aliphatic carbocycles. The van der Waals surface area contributed by atoms with E-state index < -0.39 is 5.97 Å². The maximum absolute atomic E-state index is 12.0. The molecule has 0 unspecified atom stereocenters. The Bertz CT molecular complexity index is 738. The van der Waals surface area contributed by atoms with E-state index in [1.165, 1.54) is 10.7 Å². The van der Waals surface area contributed by atoms with Crippen molar-refractivity contribution >= 4 is 17.6 Å². The summed E-state index contributed by atoms with van der Waals surface area (Å²) < 4.78 is 1.53. The zero-order valence-corrected chi connectivity index (χ0v) is 12.1. The molecule has 0 saturated carbocycles. The van der Waals surface area contributed by atoms with Crippen molar-refractivity contribution < 1.29 is 14.7 Å². The number of carbonyl (C=O) groups is 2. The summed E-state index contributed by atoms with van der Waals surface area (Å²) in [5.74, 6) is -1.03. The molecule has 2 aromatic rings. The molecule has 22 heavy (non-hydrogen) atoms. The van der Waals surface area contributed by atoms with E-state index in [0.29, 0.717) is 18.8 Å². The second-order valence-corrected chi connectivity index (χ2v) is 5.12. The molecule has 1 aromatic heterocycles. The Kier molecular flexibility index (Phi) is 3.64. The van der Waals surface area contributed by atoms with Crippen LogP contribution in [0.2, 0.25) is 0 Å². The normalized spacial score (nSPS) is 15.1. The molecule has 1 fully saturated rings. The van der Waals surface area contributed by atoms with Gasteiger partial charge in [0.25, 0.3) is 0 Å². The monoisotopic (exact) mass is 300 g/mol. The Morgan fingerprint density at radius 1 is 1.36 bits per heavy atom. The standard InChI is InChI=1S/C15H16N4O3/c1-18-13(8-12(17-18)15(21)22)10-3-2-4-11(7-10)19-6-5-16-9-14(19)20/h2-4,7-8,16H,5-6,9H2,1H3,(H,21,22). The lowest BCUT2D eigenvalue weighted by Crippen LogP contribution is -2.48. The molecule has 114 valence electrons. The zero-order chi connectivity index (χ0) is 15.7. The Labute approximate surface area is 127 Å². The first-order valence-corrected chi connectivity index (χ1v) is 6.95. The van der Waals surface area contributed by atoms with Gasteiger partial charge in [-0.05, 0) is 18.2 Å². The first-order valence-electron chi connectivity index (χ1n) is 6.95. The highest BCUT2D eigenvalue weighted by Gasteiger charge is 2.20. The number of aromatic nitrogens is 2. The largest absolute Gasteiger partial charge is 0.476 e. The van der Waals surface area contributed by atoms with Crippen LogP contribution in [0.4, 0.5) is 5.69 Å². The molecule has 2 heterocycles. The van der Waals surface area contributed by atoms with E-state index in [9.17, 15) is 9.59 Å². The van der Waals surface area contributed by atoms with Gasteiger partial charge in [-0.15, -0.1) is 0 Å². The lowest BCUT2D eigenvalue weighted by Gasteiger charge is -2.27. The smallest absolute Gasteiger partial charge is 0.356 e. The molecule has 1 aliphatic heterocycles. The number of nitrogens with one attached hydrogen (secondary N) is 1. The molecule has 1 aromatic carbocycles. The maximum atomic E-state index is 12.0. The van der Waals surface area contributed by atoms with E-state index in [1.807, 2.05) is 24.3 Å². The summed E-state index contributed by atoms with van der Waals surface area (Å²) in [6, 6.07) is 9.01. The van der Waals surface area contributed by atoms with Gasteiger partial charge < -0.3 is 15.3 Å². The summed E-state index contributed by atoms with van der Waals surface area (Å²) in [5.41, 5.74) is 2.33. The molecule has 0 spiro atoms. The highest BCUT2D eigenvalue weighted by Crippen LogP contribution is 2.25. The van der Waals surface area contributed by atoms with Crippen molar-refractivity contribution in [3.05, 3.63) is 36.0 Å². The molecule has 1 amide bonds. The van der Waals surface area contributed by atoms with Gasteiger partial charge in [-0.2, -0.15) is 5.10 Å². The van der Waals surface area contributed by atoms with Crippen LogP contribution in [-0.2, 0) is 11.8 Å². The Hall–Kier alpha value is -2.67. The van der Waals surface area contributed by atoms with Crippen LogP contribution in [0.15, 0.2) is 30.3 Å². The molecular formula is C15H16N4O3. The minimum atomic E-state index is -1.06. The average molecular weight is 300 g/mol. The molecule has 1 saturated heterocycles. The summed E-state index contributed by atoms with van der Waals surface area (Å²) >= 11 is 0. The van der Waals surface area contributed by atoms with Crippen LogP contribution in [0.5, 0.6) is 0 Å². The third-order valence-corrected chi connectivity index (χ3v) is 3.64. The second kappa shape index (κ2) is 5.61. The summed E-state index contributed by atoms with van der Waals surface area (Å²) in [5, 5.41) is 16.0. The number of hydrogen-bond donors (Lipinski definition) is 2. The average Bonchev–Trinajstić information content (AvgIpc) is 2.90. The molecule has 7 heteroatoms. The fraction of sp³-hybridized carbons (Fsp3) is 0.267. The molecule has 3 rings (SSSR count). The number of hydrogen-bond acceptors (Lipinski definition) is 4. The van der Waals surface area contributed by atoms with Crippen molar-refractivity contribution in [2.75, 3.05) is 24.5 Å². The van der Waals surface area contributed by atoms with Crippen LogP contribution in [0.3, 0.4) is 0 Å². The number of benzene rings is 1. The van der Waals surface area contributed by atoms with Gasteiger partial charge in [-0.25, -0.2) is 4.79 Å². The quantitative estimate of drug-likeness (QED) is 0.872. The van der Waals surface area contributed by atoms with Crippen LogP contribution in [0, 0.1) is 0 Å². The van der Waals surface area contributed by atoms with Gasteiger partial charge in [-0.3, -0.25) is 9.48 Å². The molecule has 7 nitrogen and oxygen atoms in total. The van der Waals surface area contributed by atoms with E-state index in [4.69, 9.17) is 5.11 Å². The topological polar surface area (TPSA) is 87.5 Å². The van der Waals surface area contributed by atoms with Gasteiger partial charge in [0.05, 0.1) is 12.2 Å². The first-order chi connectivity index (χ1) is 10.6. The van der Waals surface area contributed by atoms with E-state index >= 15 is 0 Å². The summed E-state index contributed by atoms with van der Waals surface area (Å²) in [6.07, 6.45) is 0. The molecule has 1 aliphatic rings. The number of piperazine rings is 1. The van der Waals surface area contributed by atoms with Crippen LogP contribution in [0.1, 0.15) is 10.5 Å². The minimum Gasteiger partial charge on any atom is -0.476 e. The highest BCUT2D eigenvalue weighted by molar-refractivity contribution is 5.96. The Morgan fingerprint density at radius 3 is 2.86 bits per heavy atom. The highest BCUT2D eigenvalue weighted by atomic mass is 16.4. The zero-order valence-electron chi connectivity index (χ0n) is 12.1. The number of anilines is 1. The number of aromatic carboxylic acids is 1. The van der Waals surface area contributed by atoms with E-state index in [-0.39, 0.29) is 11.6 Å². The van der Waals surface area contributed by atoms with Crippen LogP contribution < -0.4 is 10.2 Å². The second-order valence-electron chi connectivity index (χ2n) is 5.12. The van der Waals surface area contributed by atoms with E-state index in [1.54, 1.807) is 11.9 Å². The maximum Gasteiger partial charge on any atom is 0.356 e. The Morgan fingerprint density at radius 2 is 2.18 bits per heavy atom. The predicted octanol–water partition coefficient (Wildman–Crippen LogP) is 0.721. The fourth-order valence-electron chi connectivity index (χ4n) is 2.55. The van der Waals surface area contributed by atoms with Crippen molar-refractivity contribution in [1.82, 2.24) is 15.1 Å². The first kappa shape index (κ1) is 14.3. The van der Waals surface area contributed by atoms with Gasteiger partial charge in [-0.1, -0.05) is 12.1 Å². The number of carboxylic acid groups (broad SMARTS) is 1. The van der Waals surface area contributed by atoms with E-state index in [0.717, 1.165) is 17.8 Å². The minimum absolute atomic E-state index is 0.00107. The lowest BCUT2D eigenvalue weighted by atomic mass is 10.1. The van der Waals surface area contributed by atoms with Crippen molar-refractivity contribution in [2.24, 2.45) is 7.05 Å². The van der Waals surface area contributed by atoms with Gasteiger partial charge in [0.2, 0.25) is 5.91 Å². The van der Waals surface area contributed by atoms with Gasteiger partial charge in [0.15, 0.2) is 5.69 Å². The van der Waals surface area contributed by atoms with Crippen molar-refractivity contribution in [2.45, 2.75) is 0 Å². The molecule has 2 N–H and O–H groups in total. The van der Waals surface area contributed by atoms with Crippen molar-refractivity contribution in [1.29, 1.82) is 0 Å². The fourth-order valence-corrected chi connectivity index (χ4v) is 2.55. The summed E-state index contributed by atoms with van der Waals surface area (Å²) in [4.78, 5) is 24.7. The van der Waals surface area contributed by atoms with Crippen LogP contribution >= 0.6 is 0 Å². The lowest BCUT2D eigenvalue weighted by molar-refractivity contribution is -0.118. The number of rotatable bonds is 3. The number of carbonyl (C=O) groups excluding carboxylic acids is 1. The molecule has 0 bridgehead atoms. The summed E-state index contributed by atoms with van der Waals surface area (Å²) in [7, 11) is 1.70. The van der Waals surface area contributed by atoms with Gasteiger partial charge in [0.1, 0.15) is 0 Å². The Balaban J connectivity index is 1.97. The number of aryl methyl sites for hydroxylation is 1.